The van der Waals surface area contributed by atoms with Crippen LogP contribution in [0.2, 0.25) is 0 Å². The largest absolute Gasteiger partial charge is 0.573 e. The maximum absolute atomic E-state index is 11.8. The zero-order valence-corrected chi connectivity index (χ0v) is 7.47. The summed E-state index contributed by atoms with van der Waals surface area (Å²) in [6.45, 7) is 0.259. The van der Waals surface area contributed by atoms with Gasteiger partial charge in [0.05, 0.1) is 6.61 Å². The summed E-state index contributed by atoms with van der Waals surface area (Å²) in [4.78, 5) is 0. The van der Waals surface area contributed by atoms with Crippen molar-refractivity contribution in [1.29, 1.82) is 0 Å². The summed E-state index contributed by atoms with van der Waals surface area (Å²) in [6, 6.07) is 5.67. The number of alkyl halides is 3. The molecule has 0 N–H and O–H groups in total. The van der Waals surface area contributed by atoms with Gasteiger partial charge < -0.3 is 9.47 Å². The fraction of sp³-hybridized carbons (Fsp3) is 0.333. The zero-order valence-electron chi connectivity index (χ0n) is 7.47. The first-order valence-corrected chi connectivity index (χ1v) is 3.85. The van der Waals surface area contributed by atoms with Crippen LogP contribution < -0.4 is 4.74 Å². The molecule has 2 nitrogen and oxygen atoms in total. The van der Waals surface area contributed by atoms with E-state index in [0.717, 1.165) is 0 Å². The van der Waals surface area contributed by atoms with Gasteiger partial charge in [0.1, 0.15) is 5.75 Å². The van der Waals surface area contributed by atoms with Crippen molar-refractivity contribution in [2.75, 3.05) is 7.11 Å². The van der Waals surface area contributed by atoms with Crippen molar-refractivity contribution < 1.29 is 22.6 Å². The van der Waals surface area contributed by atoms with Crippen molar-refractivity contribution >= 4 is 0 Å². The molecule has 1 aromatic carbocycles. The van der Waals surface area contributed by atoms with Crippen LogP contribution in [0, 0.1) is 0 Å². The number of hydrogen-bond donors (Lipinski definition) is 0. The Kier molecular flexibility index (Phi) is 3.35. The van der Waals surface area contributed by atoms with E-state index in [1.807, 2.05) is 0 Å². The lowest BCUT2D eigenvalue weighted by molar-refractivity contribution is -0.274. The lowest BCUT2D eigenvalue weighted by Gasteiger charge is -2.09. The van der Waals surface area contributed by atoms with E-state index in [1.54, 1.807) is 6.07 Å². The van der Waals surface area contributed by atoms with Gasteiger partial charge in [-0.1, -0.05) is 12.1 Å². The fourth-order valence-electron chi connectivity index (χ4n) is 0.999. The number of benzene rings is 1. The smallest absolute Gasteiger partial charge is 0.406 e. The Bertz CT molecular complexity index is 296. The van der Waals surface area contributed by atoms with Gasteiger partial charge in [-0.2, -0.15) is 0 Å². The van der Waals surface area contributed by atoms with Crippen molar-refractivity contribution in [3.8, 4) is 5.75 Å². The average molecular weight is 206 g/mol. The molecule has 5 heteroatoms. The van der Waals surface area contributed by atoms with Gasteiger partial charge in [-0.3, -0.25) is 0 Å². The molecule has 0 unspecified atom stereocenters. The minimum atomic E-state index is -4.65. The molecular formula is C9H9F3O2. The molecule has 0 aliphatic carbocycles. The molecule has 0 fully saturated rings. The van der Waals surface area contributed by atoms with Crippen molar-refractivity contribution in [3.05, 3.63) is 29.8 Å². The van der Waals surface area contributed by atoms with Crippen LogP contribution in [0.5, 0.6) is 5.75 Å². The minimum absolute atomic E-state index is 0.230. The zero-order chi connectivity index (χ0) is 10.6. The summed E-state index contributed by atoms with van der Waals surface area (Å²) < 4.78 is 43.9. The van der Waals surface area contributed by atoms with Gasteiger partial charge in [0, 0.05) is 7.11 Å². The molecule has 0 spiro atoms. The third-order valence-electron chi connectivity index (χ3n) is 1.44. The highest BCUT2D eigenvalue weighted by Gasteiger charge is 2.30. The number of rotatable bonds is 3. The van der Waals surface area contributed by atoms with E-state index in [0.29, 0.717) is 5.56 Å². The van der Waals surface area contributed by atoms with E-state index < -0.39 is 6.36 Å². The van der Waals surface area contributed by atoms with E-state index in [9.17, 15) is 13.2 Å². The third-order valence-corrected chi connectivity index (χ3v) is 1.44. The molecule has 0 aliphatic rings. The summed E-state index contributed by atoms with van der Waals surface area (Å²) in [5.41, 5.74) is 0.634. The summed E-state index contributed by atoms with van der Waals surface area (Å²) >= 11 is 0. The molecule has 0 atom stereocenters. The Morgan fingerprint density at radius 3 is 2.57 bits per heavy atom. The summed E-state index contributed by atoms with van der Waals surface area (Å²) in [5, 5.41) is 0. The maximum Gasteiger partial charge on any atom is 0.573 e. The van der Waals surface area contributed by atoms with Gasteiger partial charge in [-0.05, 0) is 17.7 Å². The number of ether oxygens (including phenoxy) is 2. The van der Waals surface area contributed by atoms with Crippen molar-refractivity contribution in [2.45, 2.75) is 13.0 Å². The van der Waals surface area contributed by atoms with Crippen LogP contribution in [0.3, 0.4) is 0 Å². The van der Waals surface area contributed by atoms with Crippen LogP contribution in [0.4, 0.5) is 13.2 Å². The van der Waals surface area contributed by atoms with Crippen molar-refractivity contribution in [2.24, 2.45) is 0 Å². The van der Waals surface area contributed by atoms with Crippen LogP contribution in [0.1, 0.15) is 5.56 Å². The Labute approximate surface area is 79.2 Å². The number of hydrogen-bond acceptors (Lipinski definition) is 2. The van der Waals surface area contributed by atoms with Gasteiger partial charge in [0.15, 0.2) is 0 Å². The van der Waals surface area contributed by atoms with E-state index in [4.69, 9.17) is 4.74 Å². The first-order valence-electron chi connectivity index (χ1n) is 3.85. The second kappa shape index (κ2) is 4.32. The lowest BCUT2D eigenvalue weighted by atomic mass is 10.2. The molecule has 0 bridgehead atoms. The highest BCUT2D eigenvalue weighted by Crippen LogP contribution is 2.23. The van der Waals surface area contributed by atoms with Gasteiger partial charge in [-0.25, -0.2) is 0 Å². The molecule has 0 heterocycles. The normalized spacial score (nSPS) is 11.4. The molecule has 0 saturated heterocycles. The maximum atomic E-state index is 11.8. The van der Waals surface area contributed by atoms with Gasteiger partial charge >= 0.3 is 6.36 Å². The quantitative estimate of drug-likeness (QED) is 0.757. The molecule has 1 rings (SSSR count). The molecule has 1 aromatic rings. The standard InChI is InChI=1S/C9H9F3O2/c1-13-6-7-3-2-4-8(5-7)14-9(10,11)12/h2-5H,6H2,1H3. The predicted molar refractivity (Wildman–Crippen MR) is 43.8 cm³/mol. The number of methoxy groups -OCH3 is 1. The highest BCUT2D eigenvalue weighted by molar-refractivity contribution is 5.28. The fourth-order valence-corrected chi connectivity index (χ4v) is 0.999. The Morgan fingerprint density at radius 2 is 2.00 bits per heavy atom. The topological polar surface area (TPSA) is 18.5 Å². The second-order valence-corrected chi connectivity index (χ2v) is 2.63. The first-order chi connectivity index (χ1) is 6.51. The summed E-state index contributed by atoms with van der Waals surface area (Å²) in [6.07, 6.45) is -4.65. The monoisotopic (exact) mass is 206 g/mol. The minimum Gasteiger partial charge on any atom is -0.406 e. The molecule has 0 radical (unpaired) electrons. The SMILES string of the molecule is COCc1cccc(OC(F)(F)F)c1. The molecule has 0 aliphatic heterocycles. The van der Waals surface area contributed by atoms with Gasteiger partial charge in [0.25, 0.3) is 0 Å². The van der Waals surface area contributed by atoms with Gasteiger partial charge in [-0.15, -0.1) is 13.2 Å². The Balaban J connectivity index is 2.73. The third kappa shape index (κ3) is 3.66. The van der Waals surface area contributed by atoms with Crippen LogP contribution in [-0.4, -0.2) is 13.5 Å². The van der Waals surface area contributed by atoms with E-state index >= 15 is 0 Å². The van der Waals surface area contributed by atoms with Crippen LogP contribution in [0.25, 0.3) is 0 Å². The summed E-state index contributed by atoms with van der Waals surface area (Å²) in [7, 11) is 1.47. The van der Waals surface area contributed by atoms with E-state index in [1.165, 1.54) is 25.3 Å². The molecule has 0 amide bonds. The van der Waals surface area contributed by atoms with E-state index in [2.05, 4.69) is 4.74 Å². The highest BCUT2D eigenvalue weighted by atomic mass is 19.4. The van der Waals surface area contributed by atoms with E-state index in [-0.39, 0.29) is 12.4 Å². The molecule has 0 saturated carbocycles. The van der Waals surface area contributed by atoms with Crippen LogP contribution >= 0.6 is 0 Å². The Morgan fingerprint density at radius 1 is 1.29 bits per heavy atom. The molecule has 78 valence electrons. The van der Waals surface area contributed by atoms with Gasteiger partial charge in [0.2, 0.25) is 0 Å². The van der Waals surface area contributed by atoms with Crippen LogP contribution in [0.15, 0.2) is 24.3 Å². The van der Waals surface area contributed by atoms with Crippen molar-refractivity contribution in [1.82, 2.24) is 0 Å². The summed E-state index contributed by atoms with van der Waals surface area (Å²) in [5.74, 6) is -0.230. The average Bonchev–Trinajstić information content (AvgIpc) is 2.02. The first kappa shape index (κ1) is 10.8. The Hall–Kier alpha value is -1.23. The van der Waals surface area contributed by atoms with Crippen LogP contribution in [-0.2, 0) is 11.3 Å². The van der Waals surface area contributed by atoms with Crippen molar-refractivity contribution in [3.63, 3.8) is 0 Å². The second-order valence-electron chi connectivity index (χ2n) is 2.63. The predicted octanol–water partition coefficient (Wildman–Crippen LogP) is 2.73. The number of halogens is 3. The molecule has 14 heavy (non-hydrogen) atoms. The molecule has 0 aromatic heterocycles. The molecular weight excluding hydrogens is 197 g/mol. The lowest BCUT2D eigenvalue weighted by Crippen LogP contribution is -2.17.